The van der Waals surface area contributed by atoms with Gasteiger partial charge < -0.3 is 15.0 Å². The minimum Gasteiger partial charge on any atom is -0.378 e. The van der Waals surface area contributed by atoms with Crippen LogP contribution in [0.2, 0.25) is 0 Å². The fourth-order valence-corrected chi connectivity index (χ4v) is 3.63. The van der Waals surface area contributed by atoms with E-state index in [1.165, 1.54) is 17.3 Å². The number of aromatic nitrogens is 3. The number of nitrogens with one attached hydrogen (secondary N) is 1. The highest BCUT2D eigenvalue weighted by atomic mass is 32.2. The first kappa shape index (κ1) is 20.7. The Bertz CT molecular complexity index is 759. The lowest BCUT2D eigenvalue weighted by Gasteiger charge is -2.28. The fraction of sp³-hybridized carbons (Fsp3) is 0.550. The number of amides is 1. The summed E-state index contributed by atoms with van der Waals surface area (Å²) in [6, 6.07) is 10.4. The van der Waals surface area contributed by atoms with Gasteiger partial charge in [0, 0.05) is 19.1 Å². The van der Waals surface area contributed by atoms with Gasteiger partial charge in [-0.05, 0) is 18.4 Å². The Kier molecular flexibility index (Phi) is 7.33. The monoisotopic (exact) mass is 403 g/mol. The van der Waals surface area contributed by atoms with E-state index in [4.69, 9.17) is 4.74 Å². The van der Waals surface area contributed by atoms with Crippen molar-refractivity contribution >= 4 is 23.6 Å². The normalized spacial score (nSPS) is 15.6. The molecule has 0 aliphatic carbocycles. The van der Waals surface area contributed by atoms with E-state index in [0.717, 1.165) is 24.2 Å². The van der Waals surface area contributed by atoms with Crippen molar-refractivity contribution in [2.24, 2.45) is 5.92 Å². The molecule has 7 nitrogen and oxygen atoms in total. The minimum atomic E-state index is 0.0217. The highest BCUT2D eigenvalue weighted by Gasteiger charge is 2.21. The van der Waals surface area contributed by atoms with Crippen molar-refractivity contribution in [3.05, 3.63) is 35.9 Å². The van der Waals surface area contributed by atoms with Crippen LogP contribution in [0.25, 0.3) is 0 Å². The van der Waals surface area contributed by atoms with Crippen molar-refractivity contribution in [1.82, 2.24) is 20.1 Å². The first-order valence-electron chi connectivity index (χ1n) is 9.76. The molecule has 152 valence electrons. The first-order chi connectivity index (χ1) is 13.5. The van der Waals surface area contributed by atoms with Crippen LogP contribution in [0.3, 0.4) is 0 Å². The van der Waals surface area contributed by atoms with E-state index >= 15 is 0 Å². The summed E-state index contributed by atoms with van der Waals surface area (Å²) in [6.45, 7) is 9.88. The fourth-order valence-electron chi connectivity index (χ4n) is 2.88. The second kappa shape index (κ2) is 9.93. The third-order valence-corrected chi connectivity index (χ3v) is 5.86. The number of hydrogen-bond acceptors (Lipinski definition) is 6. The molecule has 1 unspecified atom stereocenters. The van der Waals surface area contributed by atoms with Crippen LogP contribution >= 0.6 is 11.8 Å². The molecule has 8 heteroatoms. The lowest BCUT2D eigenvalue weighted by Crippen LogP contribution is -2.38. The molecule has 3 rings (SSSR count). The molecule has 1 fully saturated rings. The second-order valence-corrected chi connectivity index (χ2v) is 8.29. The van der Waals surface area contributed by atoms with Crippen molar-refractivity contribution in [2.45, 2.75) is 38.5 Å². The quantitative estimate of drug-likeness (QED) is 0.683. The van der Waals surface area contributed by atoms with E-state index < -0.39 is 0 Å². The van der Waals surface area contributed by atoms with Crippen molar-refractivity contribution in [3.8, 4) is 0 Å². The first-order valence-corrected chi connectivity index (χ1v) is 10.7. The van der Waals surface area contributed by atoms with Gasteiger partial charge in [0.25, 0.3) is 0 Å². The smallest absolute Gasteiger partial charge is 0.230 e. The number of carbonyl (C=O) groups is 1. The van der Waals surface area contributed by atoms with Crippen LogP contribution in [-0.2, 0) is 16.1 Å². The number of hydrogen-bond donors (Lipinski definition) is 1. The number of ether oxygens (including phenoxy) is 1. The lowest BCUT2D eigenvalue weighted by atomic mass is 10.1. The summed E-state index contributed by atoms with van der Waals surface area (Å²) in [5.41, 5.74) is 1.18. The Morgan fingerprint density at radius 2 is 1.89 bits per heavy atom. The number of morpholine rings is 1. The maximum atomic E-state index is 12.3. The van der Waals surface area contributed by atoms with Gasteiger partial charge in [0.05, 0.1) is 25.5 Å². The number of nitrogens with zero attached hydrogens (tertiary/aromatic N) is 4. The van der Waals surface area contributed by atoms with E-state index in [-0.39, 0.29) is 11.9 Å². The van der Waals surface area contributed by atoms with Crippen LogP contribution in [0.5, 0.6) is 0 Å². The summed E-state index contributed by atoms with van der Waals surface area (Å²) < 4.78 is 7.57. The van der Waals surface area contributed by atoms with E-state index in [2.05, 4.69) is 51.0 Å². The molecular formula is C20H29N5O2S. The summed E-state index contributed by atoms with van der Waals surface area (Å²) in [6.07, 6.45) is 0. The van der Waals surface area contributed by atoms with Crippen LogP contribution < -0.4 is 10.2 Å². The van der Waals surface area contributed by atoms with Gasteiger partial charge in [-0.2, -0.15) is 0 Å². The SMILES string of the molecule is CC(C)C(C)NC(=O)CSc1nnc(N2CCOCC2)n1Cc1ccccc1. The highest BCUT2D eigenvalue weighted by molar-refractivity contribution is 7.99. The second-order valence-electron chi connectivity index (χ2n) is 7.34. The van der Waals surface area contributed by atoms with Gasteiger partial charge >= 0.3 is 0 Å². The zero-order chi connectivity index (χ0) is 19.9. The van der Waals surface area contributed by atoms with Crippen LogP contribution in [0.4, 0.5) is 5.95 Å². The Labute approximate surface area is 170 Å². The third-order valence-electron chi connectivity index (χ3n) is 4.90. The lowest BCUT2D eigenvalue weighted by molar-refractivity contribution is -0.119. The van der Waals surface area contributed by atoms with Crippen LogP contribution in [0.1, 0.15) is 26.3 Å². The molecule has 1 saturated heterocycles. The van der Waals surface area contributed by atoms with Gasteiger partial charge in [-0.3, -0.25) is 9.36 Å². The topological polar surface area (TPSA) is 72.3 Å². The summed E-state index contributed by atoms with van der Waals surface area (Å²) in [7, 11) is 0. The number of carbonyl (C=O) groups excluding carboxylic acids is 1. The summed E-state index contributed by atoms with van der Waals surface area (Å²) in [4.78, 5) is 14.5. The van der Waals surface area contributed by atoms with Gasteiger partial charge in [0.15, 0.2) is 5.16 Å². The maximum absolute atomic E-state index is 12.3. The molecule has 0 spiro atoms. The highest BCUT2D eigenvalue weighted by Crippen LogP contribution is 2.24. The molecule has 28 heavy (non-hydrogen) atoms. The molecule has 1 aromatic carbocycles. The molecule has 1 amide bonds. The van der Waals surface area contributed by atoms with Gasteiger partial charge in [-0.15, -0.1) is 10.2 Å². The molecule has 1 aliphatic heterocycles. The number of anilines is 1. The van der Waals surface area contributed by atoms with E-state index in [1.807, 2.05) is 25.1 Å². The van der Waals surface area contributed by atoms with Crippen LogP contribution in [0, 0.1) is 5.92 Å². The molecule has 1 aliphatic rings. The zero-order valence-corrected chi connectivity index (χ0v) is 17.6. The van der Waals surface area contributed by atoms with Crippen molar-refractivity contribution in [3.63, 3.8) is 0 Å². The molecule has 0 saturated carbocycles. The molecule has 2 heterocycles. The molecule has 1 atom stereocenters. The zero-order valence-electron chi connectivity index (χ0n) is 16.8. The third kappa shape index (κ3) is 5.48. The molecule has 1 aromatic heterocycles. The molecular weight excluding hydrogens is 374 g/mol. The summed E-state index contributed by atoms with van der Waals surface area (Å²) >= 11 is 1.43. The number of rotatable bonds is 8. The van der Waals surface area contributed by atoms with Crippen LogP contribution in [0.15, 0.2) is 35.5 Å². The Morgan fingerprint density at radius 1 is 1.18 bits per heavy atom. The Morgan fingerprint density at radius 3 is 2.57 bits per heavy atom. The van der Waals surface area contributed by atoms with Gasteiger partial charge in [-0.25, -0.2) is 0 Å². The summed E-state index contributed by atoms with van der Waals surface area (Å²) in [5, 5.41) is 12.6. The Hall–Kier alpha value is -2.06. The van der Waals surface area contributed by atoms with Gasteiger partial charge in [0.2, 0.25) is 11.9 Å². The van der Waals surface area contributed by atoms with Crippen molar-refractivity contribution in [2.75, 3.05) is 37.0 Å². The van der Waals surface area contributed by atoms with E-state index in [9.17, 15) is 4.79 Å². The maximum Gasteiger partial charge on any atom is 0.230 e. The summed E-state index contributed by atoms with van der Waals surface area (Å²) in [5.74, 6) is 1.59. The van der Waals surface area contributed by atoms with Crippen molar-refractivity contribution < 1.29 is 9.53 Å². The molecule has 0 bridgehead atoms. The predicted octanol–water partition coefficient (Wildman–Crippen LogP) is 2.42. The Balaban J connectivity index is 1.74. The average molecular weight is 404 g/mol. The molecule has 2 aromatic rings. The number of thioether (sulfide) groups is 1. The van der Waals surface area contributed by atoms with Crippen LogP contribution in [-0.4, -0.2) is 58.8 Å². The van der Waals surface area contributed by atoms with Gasteiger partial charge in [0.1, 0.15) is 0 Å². The van der Waals surface area contributed by atoms with E-state index in [1.54, 1.807) is 0 Å². The van der Waals surface area contributed by atoms with Crippen molar-refractivity contribution in [1.29, 1.82) is 0 Å². The largest absolute Gasteiger partial charge is 0.378 e. The molecule has 0 radical (unpaired) electrons. The standard InChI is InChI=1S/C20H29N5O2S/c1-15(2)16(3)21-18(26)14-28-20-23-22-19(24-9-11-27-12-10-24)25(20)13-17-7-5-4-6-8-17/h4-8,15-16H,9-14H2,1-3H3,(H,21,26). The predicted molar refractivity (Wildman–Crippen MR) is 112 cm³/mol. The van der Waals surface area contributed by atoms with E-state index in [0.29, 0.717) is 31.4 Å². The number of benzene rings is 1. The molecule has 1 N–H and O–H groups in total. The average Bonchev–Trinajstić information content (AvgIpc) is 3.10. The minimum absolute atomic E-state index is 0.0217. The van der Waals surface area contributed by atoms with Gasteiger partial charge in [-0.1, -0.05) is 55.9 Å².